The molecule has 1 N–H and O–H groups in total. The lowest BCUT2D eigenvalue weighted by Crippen LogP contribution is -2.29. The van der Waals surface area contributed by atoms with Gasteiger partial charge in [-0.1, -0.05) is 17.8 Å². The number of anilines is 2. The van der Waals surface area contributed by atoms with Crippen molar-refractivity contribution in [3.63, 3.8) is 0 Å². The molecule has 0 radical (unpaired) electrons. The third-order valence-electron chi connectivity index (χ3n) is 5.40. The summed E-state index contributed by atoms with van der Waals surface area (Å²) >= 11 is 2.58. The predicted molar refractivity (Wildman–Crippen MR) is 136 cm³/mol. The van der Waals surface area contributed by atoms with Gasteiger partial charge in [-0.2, -0.15) is 0 Å². The van der Waals surface area contributed by atoms with E-state index in [9.17, 15) is 24.5 Å². The summed E-state index contributed by atoms with van der Waals surface area (Å²) in [6.45, 7) is 0. The predicted octanol–water partition coefficient (Wildman–Crippen LogP) is 4.74. The Morgan fingerprint density at radius 3 is 2.64 bits per heavy atom. The number of nitro groups is 1. The maximum absolute atomic E-state index is 13.0. The molecule has 5 rings (SSSR count). The van der Waals surface area contributed by atoms with Crippen LogP contribution in [0.25, 0.3) is 10.2 Å². The summed E-state index contributed by atoms with van der Waals surface area (Å²) < 4.78 is 6.45. The summed E-state index contributed by atoms with van der Waals surface area (Å²) in [5.74, 6) is -0.724. The second kappa shape index (κ2) is 9.40. The molecule has 0 aliphatic carbocycles. The number of benzene rings is 3. The lowest BCUT2D eigenvalue weighted by molar-refractivity contribution is -0.385. The van der Waals surface area contributed by atoms with Crippen LogP contribution in [-0.4, -0.2) is 40.5 Å². The van der Waals surface area contributed by atoms with E-state index in [-0.39, 0.29) is 22.8 Å². The van der Waals surface area contributed by atoms with Gasteiger partial charge in [0.1, 0.15) is 11.3 Å². The van der Waals surface area contributed by atoms with Crippen molar-refractivity contribution in [1.82, 2.24) is 4.98 Å². The highest BCUT2D eigenvalue weighted by molar-refractivity contribution is 8.01. The number of ether oxygens (including phenoxy) is 1. The van der Waals surface area contributed by atoms with E-state index in [1.54, 1.807) is 49.6 Å². The van der Waals surface area contributed by atoms with Gasteiger partial charge in [-0.3, -0.25) is 24.5 Å². The largest absolute Gasteiger partial charge is 0.497 e. The molecule has 0 saturated heterocycles. The Morgan fingerprint density at radius 2 is 1.92 bits per heavy atom. The van der Waals surface area contributed by atoms with Crippen LogP contribution in [0.15, 0.2) is 65.0 Å². The van der Waals surface area contributed by atoms with E-state index in [2.05, 4.69) is 10.3 Å². The van der Waals surface area contributed by atoms with Gasteiger partial charge in [0.25, 0.3) is 17.5 Å². The maximum Gasteiger partial charge on any atom is 0.283 e. The Labute approximate surface area is 212 Å². The first-order valence-electron chi connectivity index (χ1n) is 10.5. The number of rotatable bonds is 7. The van der Waals surface area contributed by atoms with Crippen LogP contribution in [0.4, 0.5) is 17.1 Å². The van der Waals surface area contributed by atoms with E-state index in [0.717, 1.165) is 4.90 Å². The average molecular weight is 521 g/mol. The van der Waals surface area contributed by atoms with Crippen LogP contribution in [0, 0.1) is 10.1 Å². The van der Waals surface area contributed by atoms with Gasteiger partial charge >= 0.3 is 0 Å². The molecule has 0 unspecified atom stereocenters. The smallest absolute Gasteiger partial charge is 0.283 e. The molecule has 36 heavy (non-hydrogen) atoms. The zero-order chi connectivity index (χ0) is 25.4. The highest BCUT2D eigenvalue weighted by Crippen LogP contribution is 2.37. The molecule has 0 spiro atoms. The van der Waals surface area contributed by atoms with Crippen LogP contribution in [-0.2, 0) is 4.79 Å². The minimum Gasteiger partial charge on any atom is -0.497 e. The van der Waals surface area contributed by atoms with Crippen LogP contribution in [0.3, 0.4) is 0 Å². The van der Waals surface area contributed by atoms with Gasteiger partial charge in [-0.25, -0.2) is 9.88 Å². The Kier molecular flexibility index (Phi) is 6.12. The Balaban J connectivity index is 1.31. The number of methoxy groups -OCH3 is 1. The van der Waals surface area contributed by atoms with Crippen molar-refractivity contribution in [1.29, 1.82) is 0 Å². The molecule has 0 saturated carbocycles. The number of carbonyl (C=O) groups excluding carboxylic acids is 3. The maximum atomic E-state index is 13.0. The number of imide groups is 1. The Bertz CT molecular complexity index is 1550. The van der Waals surface area contributed by atoms with Gasteiger partial charge in [-0.15, -0.1) is 11.3 Å². The first kappa shape index (κ1) is 23.5. The Morgan fingerprint density at radius 1 is 1.14 bits per heavy atom. The van der Waals surface area contributed by atoms with Gasteiger partial charge in [0.2, 0.25) is 5.91 Å². The number of fused-ring (bicyclic) bond motifs is 2. The van der Waals surface area contributed by atoms with E-state index < -0.39 is 22.4 Å². The third kappa shape index (κ3) is 4.27. The van der Waals surface area contributed by atoms with Gasteiger partial charge in [0.15, 0.2) is 4.34 Å². The fourth-order valence-electron chi connectivity index (χ4n) is 3.75. The van der Waals surface area contributed by atoms with Crippen molar-refractivity contribution in [2.75, 3.05) is 23.1 Å². The fourth-order valence-corrected chi connectivity index (χ4v) is 5.65. The standard InChI is InChI=1S/C24H16N4O6S2/c1-34-15-8-5-13(6-9-15)25-20(29)12-35-24-26-17-10-7-14(11-19(17)36-24)27-22(30)16-3-2-4-18(28(32)33)21(16)23(27)31/h2-11H,12H2,1H3,(H,25,29). The number of aromatic nitrogens is 1. The molecule has 0 atom stereocenters. The van der Waals surface area contributed by atoms with Crippen molar-refractivity contribution >= 4 is 68.1 Å². The first-order chi connectivity index (χ1) is 17.4. The number of carbonyl (C=O) groups is 3. The number of nitrogens with zero attached hydrogens (tertiary/aromatic N) is 3. The average Bonchev–Trinajstić information content (AvgIpc) is 3.40. The molecule has 12 heteroatoms. The molecular formula is C24H16N4O6S2. The van der Waals surface area contributed by atoms with E-state index >= 15 is 0 Å². The monoisotopic (exact) mass is 520 g/mol. The second-order valence-corrected chi connectivity index (χ2v) is 9.85. The summed E-state index contributed by atoms with van der Waals surface area (Å²) in [7, 11) is 1.57. The van der Waals surface area contributed by atoms with Crippen molar-refractivity contribution < 1.29 is 24.0 Å². The molecule has 1 aliphatic heterocycles. The molecule has 0 bridgehead atoms. The molecule has 1 aliphatic rings. The molecule has 4 aromatic rings. The van der Waals surface area contributed by atoms with Crippen molar-refractivity contribution in [2.24, 2.45) is 0 Å². The number of amides is 3. The molecule has 180 valence electrons. The van der Waals surface area contributed by atoms with Crippen molar-refractivity contribution in [2.45, 2.75) is 4.34 Å². The summed E-state index contributed by atoms with van der Waals surface area (Å²) in [5.41, 5.74) is 0.967. The van der Waals surface area contributed by atoms with Gasteiger partial charge in [0, 0.05) is 11.8 Å². The molecule has 1 aromatic heterocycles. The fraction of sp³-hybridized carbons (Fsp3) is 0.0833. The molecule has 2 heterocycles. The van der Waals surface area contributed by atoms with E-state index in [0.29, 0.717) is 31.7 Å². The zero-order valence-corrected chi connectivity index (χ0v) is 20.2. The van der Waals surface area contributed by atoms with Gasteiger partial charge in [0.05, 0.1) is 39.3 Å². The highest BCUT2D eigenvalue weighted by Gasteiger charge is 2.41. The van der Waals surface area contributed by atoms with Crippen molar-refractivity contribution in [3.8, 4) is 5.75 Å². The third-order valence-corrected chi connectivity index (χ3v) is 7.56. The lowest BCUT2D eigenvalue weighted by atomic mass is 10.1. The number of hydrogen-bond acceptors (Lipinski definition) is 9. The number of nitro benzene ring substituents is 1. The Hall–Kier alpha value is -4.29. The molecule has 0 fully saturated rings. The second-order valence-electron chi connectivity index (χ2n) is 7.60. The summed E-state index contributed by atoms with van der Waals surface area (Å²) in [6, 6.07) is 15.9. The van der Waals surface area contributed by atoms with Crippen LogP contribution >= 0.6 is 23.1 Å². The number of nitrogens with one attached hydrogen (secondary N) is 1. The van der Waals surface area contributed by atoms with Crippen LogP contribution < -0.4 is 15.0 Å². The molecular weight excluding hydrogens is 504 g/mol. The topological polar surface area (TPSA) is 132 Å². The van der Waals surface area contributed by atoms with Gasteiger partial charge in [-0.05, 0) is 48.5 Å². The van der Waals surface area contributed by atoms with E-state index in [1.165, 1.54) is 41.3 Å². The molecule has 3 aromatic carbocycles. The summed E-state index contributed by atoms with van der Waals surface area (Å²) in [4.78, 5) is 54.3. The highest BCUT2D eigenvalue weighted by atomic mass is 32.2. The minimum absolute atomic E-state index is 0.00211. The summed E-state index contributed by atoms with van der Waals surface area (Å²) in [5, 5.41) is 14.2. The molecule has 10 nitrogen and oxygen atoms in total. The lowest BCUT2D eigenvalue weighted by Gasteiger charge is -2.13. The number of hydrogen-bond donors (Lipinski definition) is 1. The zero-order valence-electron chi connectivity index (χ0n) is 18.6. The van der Waals surface area contributed by atoms with Crippen LogP contribution in [0.2, 0.25) is 0 Å². The van der Waals surface area contributed by atoms with E-state index in [1.807, 2.05) is 0 Å². The number of thioether (sulfide) groups is 1. The van der Waals surface area contributed by atoms with E-state index in [4.69, 9.17) is 4.74 Å². The SMILES string of the molecule is COc1ccc(NC(=O)CSc2nc3ccc(N4C(=O)c5cccc([N+](=O)[O-])c5C4=O)cc3s2)cc1. The van der Waals surface area contributed by atoms with Crippen LogP contribution in [0.5, 0.6) is 5.75 Å². The quantitative estimate of drug-likeness (QED) is 0.160. The van der Waals surface area contributed by atoms with Crippen LogP contribution in [0.1, 0.15) is 20.7 Å². The summed E-state index contributed by atoms with van der Waals surface area (Å²) in [6.07, 6.45) is 0. The minimum atomic E-state index is -0.740. The first-order valence-corrected chi connectivity index (χ1v) is 12.3. The molecule has 3 amide bonds. The number of thiazole rings is 1. The van der Waals surface area contributed by atoms with Crippen molar-refractivity contribution in [3.05, 3.63) is 81.9 Å². The normalized spacial score (nSPS) is 12.6. The van der Waals surface area contributed by atoms with Gasteiger partial charge < -0.3 is 10.1 Å².